The fraction of sp³-hybridized carbons (Fsp3) is 0.545. The van der Waals surface area contributed by atoms with Crippen LogP contribution < -0.4 is 5.32 Å². The summed E-state index contributed by atoms with van der Waals surface area (Å²) in [6.45, 7) is 7.29. The first-order valence-electron chi connectivity index (χ1n) is 5.02. The molecule has 16 heavy (non-hydrogen) atoms. The van der Waals surface area contributed by atoms with Gasteiger partial charge in [-0.05, 0) is 55.8 Å². The van der Waals surface area contributed by atoms with E-state index >= 15 is 0 Å². The van der Waals surface area contributed by atoms with Gasteiger partial charge in [0.05, 0.1) is 6.04 Å². The fourth-order valence-corrected chi connectivity index (χ4v) is 1.44. The molecule has 5 heteroatoms. The largest absolute Gasteiger partial charge is 0.452 e. The van der Waals surface area contributed by atoms with Gasteiger partial charge in [0.25, 0.3) is 0 Å². The number of ether oxygens (including phenoxy) is 1. The summed E-state index contributed by atoms with van der Waals surface area (Å²) in [7, 11) is 0. The van der Waals surface area contributed by atoms with Gasteiger partial charge in [0, 0.05) is 0 Å². The van der Waals surface area contributed by atoms with Gasteiger partial charge in [-0.15, -0.1) is 0 Å². The van der Waals surface area contributed by atoms with Gasteiger partial charge in [0.1, 0.15) is 11.4 Å². The van der Waals surface area contributed by atoms with E-state index in [0.29, 0.717) is 10.4 Å². The first kappa shape index (κ1) is 13.1. The lowest BCUT2D eigenvalue weighted by molar-refractivity contribution is 0.0502. The summed E-state index contributed by atoms with van der Waals surface area (Å²) in [5.41, 5.74) is -0.493. The molecule has 0 aliphatic rings. The van der Waals surface area contributed by atoms with Crippen molar-refractivity contribution in [2.75, 3.05) is 0 Å². The highest BCUT2D eigenvalue weighted by Crippen LogP contribution is 2.20. The summed E-state index contributed by atoms with van der Waals surface area (Å²) in [4.78, 5) is 11.5. The van der Waals surface area contributed by atoms with Gasteiger partial charge in [-0.3, -0.25) is 0 Å². The van der Waals surface area contributed by atoms with Crippen LogP contribution in [0.1, 0.15) is 39.5 Å². The van der Waals surface area contributed by atoms with Gasteiger partial charge in [0.2, 0.25) is 0 Å². The van der Waals surface area contributed by atoms with Gasteiger partial charge in [0.15, 0.2) is 4.67 Å². The Morgan fingerprint density at radius 2 is 2.12 bits per heavy atom. The van der Waals surface area contributed by atoms with Crippen molar-refractivity contribution in [1.82, 2.24) is 5.32 Å². The lowest BCUT2D eigenvalue weighted by atomic mass is 10.2. The molecule has 1 N–H and O–H groups in total. The van der Waals surface area contributed by atoms with Gasteiger partial charge >= 0.3 is 6.09 Å². The molecular formula is C11H16BrNO3. The molecule has 90 valence electrons. The first-order valence-corrected chi connectivity index (χ1v) is 5.82. The summed E-state index contributed by atoms with van der Waals surface area (Å²) in [5, 5.41) is 2.69. The Balaban J connectivity index is 2.52. The van der Waals surface area contributed by atoms with Crippen LogP contribution in [0.4, 0.5) is 4.79 Å². The number of furan rings is 1. The monoisotopic (exact) mass is 289 g/mol. The predicted molar refractivity (Wildman–Crippen MR) is 64.2 cm³/mol. The molecular weight excluding hydrogens is 274 g/mol. The van der Waals surface area contributed by atoms with Crippen LogP contribution in [0, 0.1) is 0 Å². The smallest absolute Gasteiger partial charge is 0.408 e. The molecule has 0 saturated carbocycles. The second-order valence-corrected chi connectivity index (χ2v) is 5.29. The maximum atomic E-state index is 11.5. The number of carbonyl (C=O) groups is 1. The summed E-state index contributed by atoms with van der Waals surface area (Å²) < 4.78 is 11.1. The Morgan fingerprint density at radius 1 is 1.50 bits per heavy atom. The Labute approximate surface area is 103 Å². The number of hydrogen-bond donors (Lipinski definition) is 1. The number of halogens is 1. The van der Waals surface area contributed by atoms with Crippen LogP contribution in [0.3, 0.4) is 0 Å². The molecule has 0 unspecified atom stereocenters. The third-order valence-corrected chi connectivity index (χ3v) is 2.18. The van der Waals surface area contributed by atoms with E-state index in [1.165, 1.54) is 0 Å². The number of carbonyl (C=O) groups excluding carboxylic acids is 1. The number of alkyl carbamates (subject to hydrolysis) is 1. The Morgan fingerprint density at radius 3 is 2.56 bits per heavy atom. The van der Waals surface area contributed by atoms with Crippen LogP contribution in [-0.4, -0.2) is 11.7 Å². The molecule has 1 atom stereocenters. The third kappa shape index (κ3) is 4.26. The zero-order valence-corrected chi connectivity index (χ0v) is 11.4. The molecule has 0 radical (unpaired) electrons. The number of amides is 1. The second kappa shape index (κ2) is 4.91. The molecule has 0 bridgehead atoms. The van der Waals surface area contributed by atoms with Gasteiger partial charge in [-0.2, -0.15) is 0 Å². The van der Waals surface area contributed by atoms with Crippen LogP contribution in [0.2, 0.25) is 0 Å². The molecule has 0 aromatic carbocycles. The number of rotatable bonds is 2. The highest BCUT2D eigenvalue weighted by Gasteiger charge is 2.19. The van der Waals surface area contributed by atoms with Crippen molar-refractivity contribution in [3.05, 3.63) is 22.6 Å². The van der Waals surface area contributed by atoms with Gasteiger partial charge in [-0.25, -0.2) is 4.79 Å². The van der Waals surface area contributed by atoms with Crippen molar-refractivity contribution < 1.29 is 13.9 Å². The van der Waals surface area contributed by atoms with Crippen molar-refractivity contribution in [3.8, 4) is 0 Å². The van der Waals surface area contributed by atoms with Gasteiger partial charge < -0.3 is 14.5 Å². The molecule has 0 fully saturated rings. The first-order chi connectivity index (χ1) is 7.28. The molecule has 1 aromatic heterocycles. The summed E-state index contributed by atoms with van der Waals surface area (Å²) in [6, 6.07) is 3.36. The average Bonchev–Trinajstić information content (AvgIpc) is 2.47. The predicted octanol–water partition coefficient (Wildman–Crippen LogP) is 3.63. The Kier molecular flexibility index (Phi) is 4.02. The van der Waals surface area contributed by atoms with E-state index in [1.807, 2.05) is 27.7 Å². The van der Waals surface area contributed by atoms with Crippen LogP contribution in [-0.2, 0) is 4.74 Å². The SMILES string of the molecule is C[C@@H](NC(=O)OC(C)(C)C)c1ccc(Br)o1. The van der Waals surface area contributed by atoms with Crippen molar-refractivity contribution >= 4 is 22.0 Å². The quantitative estimate of drug-likeness (QED) is 0.905. The summed E-state index contributed by atoms with van der Waals surface area (Å²) >= 11 is 3.20. The normalized spacial score (nSPS) is 13.3. The van der Waals surface area contributed by atoms with E-state index in [4.69, 9.17) is 9.15 Å². The van der Waals surface area contributed by atoms with Gasteiger partial charge in [-0.1, -0.05) is 0 Å². The molecule has 0 spiro atoms. The molecule has 4 nitrogen and oxygen atoms in total. The van der Waals surface area contributed by atoms with Crippen molar-refractivity contribution in [1.29, 1.82) is 0 Å². The lowest BCUT2D eigenvalue weighted by Gasteiger charge is -2.21. The van der Waals surface area contributed by atoms with Crippen LogP contribution >= 0.6 is 15.9 Å². The van der Waals surface area contributed by atoms with E-state index in [1.54, 1.807) is 12.1 Å². The maximum absolute atomic E-state index is 11.5. The van der Waals surface area contributed by atoms with Crippen LogP contribution in [0.15, 0.2) is 21.2 Å². The van der Waals surface area contributed by atoms with Crippen LogP contribution in [0.5, 0.6) is 0 Å². The maximum Gasteiger partial charge on any atom is 0.408 e. The Hall–Kier alpha value is -0.970. The van der Waals surface area contributed by atoms with E-state index in [-0.39, 0.29) is 6.04 Å². The minimum atomic E-state index is -0.493. The van der Waals surface area contributed by atoms with E-state index in [9.17, 15) is 4.79 Å². The average molecular weight is 290 g/mol. The van der Waals surface area contributed by atoms with E-state index in [2.05, 4.69) is 21.2 Å². The van der Waals surface area contributed by atoms with Crippen molar-refractivity contribution in [2.24, 2.45) is 0 Å². The topological polar surface area (TPSA) is 51.5 Å². The molecule has 0 aliphatic carbocycles. The second-order valence-electron chi connectivity index (χ2n) is 4.51. The summed E-state index contributed by atoms with van der Waals surface area (Å²) in [5.74, 6) is 0.678. The highest BCUT2D eigenvalue weighted by atomic mass is 79.9. The highest BCUT2D eigenvalue weighted by molar-refractivity contribution is 9.10. The zero-order chi connectivity index (χ0) is 12.3. The molecule has 1 heterocycles. The standard InChI is InChI=1S/C11H16BrNO3/c1-7(8-5-6-9(12)15-8)13-10(14)16-11(2,3)4/h5-7H,1-4H3,(H,13,14)/t7-/m1/s1. The van der Waals surface area contributed by atoms with E-state index < -0.39 is 11.7 Å². The zero-order valence-electron chi connectivity index (χ0n) is 9.83. The third-order valence-electron chi connectivity index (χ3n) is 1.75. The fourth-order valence-electron chi connectivity index (χ4n) is 1.12. The number of hydrogen-bond acceptors (Lipinski definition) is 3. The molecule has 0 aliphatic heterocycles. The van der Waals surface area contributed by atoms with Crippen molar-refractivity contribution in [3.63, 3.8) is 0 Å². The molecule has 0 saturated heterocycles. The molecule has 1 amide bonds. The minimum absolute atomic E-state index is 0.221. The van der Waals surface area contributed by atoms with E-state index in [0.717, 1.165) is 0 Å². The molecule has 1 rings (SSSR count). The summed E-state index contributed by atoms with van der Waals surface area (Å²) in [6.07, 6.45) is -0.451. The lowest BCUT2D eigenvalue weighted by Crippen LogP contribution is -2.33. The molecule has 1 aromatic rings. The Bertz CT molecular complexity index is 368. The van der Waals surface area contributed by atoms with Crippen LogP contribution in [0.25, 0.3) is 0 Å². The minimum Gasteiger partial charge on any atom is -0.452 e. The number of nitrogens with one attached hydrogen (secondary N) is 1. The van der Waals surface area contributed by atoms with Crippen molar-refractivity contribution in [2.45, 2.75) is 39.3 Å².